The van der Waals surface area contributed by atoms with E-state index in [2.05, 4.69) is 11.9 Å². The molecule has 0 unspecified atom stereocenters. The predicted octanol–water partition coefficient (Wildman–Crippen LogP) is 1.07. The Morgan fingerprint density at radius 2 is 2.18 bits per heavy atom. The Labute approximate surface area is 68.3 Å². The second-order valence-electron chi connectivity index (χ2n) is 3.20. The Bertz CT molecular complexity index is 125. The van der Waals surface area contributed by atoms with Crippen molar-refractivity contribution in [2.45, 2.75) is 37.8 Å². The number of hydrogen-bond donors (Lipinski definition) is 2. The summed E-state index contributed by atoms with van der Waals surface area (Å²) < 4.78 is 0. The van der Waals surface area contributed by atoms with Crippen molar-refractivity contribution in [1.29, 1.82) is 0 Å². The highest BCUT2D eigenvalue weighted by Crippen LogP contribution is 2.14. The molecule has 64 valence electrons. The van der Waals surface area contributed by atoms with Crippen LogP contribution in [0.1, 0.15) is 25.7 Å². The van der Waals surface area contributed by atoms with E-state index in [0.717, 1.165) is 12.8 Å². The van der Waals surface area contributed by atoms with Crippen molar-refractivity contribution in [1.82, 2.24) is 5.32 Å². The predicted molar refractivity (Wildman–Crippen MR) is 46.5 cm³/mol. The van der Waals surface area contributed by atoms with Crippen molar-refractivity contribution in [2.75, 3.05) is 6.61 Å². The van der Waals surface area contributed by atoms with Crippen LogP contribution in [0.15, 0.2) is 12.7 Å². The quantitative estimate of drug-likeness (QED) is 0.597. The SMILES string of the molecule is C=CC[C@@H]1CCC[C@@H](CO)N1. The summed E-state index contributed by atoms with van der Waals surface area (Å²) in [5.74, 6) is 0. The molecule has 2 heteroatoms. The molecular formula is C9H17NO. The molecule has 2 nitrogen and oxygen atoms in total. The minimum atomic E-state index is 0.271. The molecule has 0 saturated carbocycles. The van der Waals surface area contributed by atoms with Gasteiger partial charge in [-0.3, -0.25) is 0 Å². The van der Waals surface area contributed by atoms with Crippen molar-refractivity contribution in [2.24, 2.45) is 0 Å². The van der Waals surface area contributed by atoms with Gasteiger partial charge in [0.1, 0.15) is 0 Å². The molecule has 1 fully saturated rings. The lowest BCUT2D eigenvalue weighted by atomic mass is 9.97. The fourth-order valence-corrected chi connectivity index (χ4v) is 1.64. The van der Waals surface area contributed by atoms with Crippen LogP contribution in [0.5, 0.6) is 0 Å². The van der Waals surface area contributed by atoms with Gasteiger partial charge in [-0.25, -0.2) is 0 Å². The average Bonchev–Trinajstić information content (AvgIpc) is 2.06. The highest BCUT2D eigenvalue weighted by Gasteiger charge is 2.18. The van der Waals surface area contributed by atoms with Gasteiger partial charge in [-0.2, -0.15) is 0 Å². The Morgan fingerprint density at radius 3 is 2.82 bits per heavy atom. The second kappa shape index (κ2) is 4.52. The van der Waals surface area contributed by atoms with E-state index in [4.69, 9.17) is 5.11 Å². The monoisotopic (exact) mass is 155 g/mol. The maximum absolute atomic E-state index is 8.89. The first kappa shape index (κ1) is 8.75. The van der Waals surface area contributed by atoms with E-state index in [0.29, 0.717) is 12.1 Å². The number of hydrogen-bond acceptors (Lipinski definition) is 2. The van der Waals surface area contributed by atoms with Gasteiger partial charge in [0.2, 0.25) is 0 Å². The van der Waals surface area contributed by atoms with Crippen molar-refractivity contribution < 1.29 is 5.11 Å². The van der Waals surface area contributed by atoms with Gasteiger partial charge >= 0.3 is 0 Å². The lowest BCUT2D eigenvalue weighted by Gasteiger charge is -2.29. The van der Waals surface area contributed by atoms with Crippen LogP contribution in [0.3, 0.4) is 0 Å². The normalized spacial score (nSPS) is 31.7. The first-order valence-electron chi connectivity index (χ1n) is 4.34. The van der Waals surface area contributed by atoms with E-state index in [1.165, 1.54) is 12.8 Å². The van der Waals surface area contributed by atoms with Crippen molar-refractivity contribution in [3.63, 3.8) is 0 Å². The smallest absolute Gasteiger partial charge is 0.0584 e. The summed E-state index contributed by atoms with van der Waals surface area (Å²) >= 11 is 0. The molecule has 1 rings (SSSR count). The molecule has 0 aromatic carbocycles. The standard InChI is InChI=1S/C9H17NO/c1-2-4-8-5-3-6-9(7-11)10-8/h2,8-11H,1,3-7H2/t8-,9+/m1/s1. The van der Waals surface area contributed by atoms with Crippen molar-refractivity contribution >= 4 is 0 Å². The summed E-state index contributed by atoms with van der Waals surface area (Å²) in [5.41, 5.74) is 0. The third-order valence-corrected chi connectivity index (χ3v) is 2.25. The molecule has 0 amide bonds. The summed E-state index contributed by atoms with van der Waals surface area (Å²) in [4.78, 5) is 0. The fourth-order valence-electron chi connectivity index (χ4n) is 1.64. The summed E-state index contributed by atoms with van der Waals surface area (Å²) in [6.07, 6.45) is 6.54. The highest BCUT2D eigenvalue weighted by atomic mass is 16.3. The molecule has 1 aliphatic rings. The zero-order valence-electron chi connectivity index (χ0n) is 6.92. The van der Waals surface area contributed by atoms with Crippen LogP contribution in [0.2, 0.25) is 0 Å². The maximum Gasteiger partial charge on any atom is 0.0584 e. The van der Waals surface area contributed by atoms with Crippen LogP contribution in [0.25, 0.3) is 0 Å². The number of nitrogens with one attached hydrogen (secondary N) is 1. The lowest BCUT2D eigenvalue weighted by Crippen LogP contribution is -2.43. The zero-order chi connectivity index (χ0) is 8.10. The Morgan fingerprint density at radius 1 is 1.45 bits per heavy atom. The van der Waals surface area contributed by atoms with Crippen LogP contribution < -0.4 is 5.32 Å². The molecule has 2 atom stereocenters. The molecule has 1 saturated heterocycles. The van der Waals surface area contributed by atoms with E-state index in [-0.39, 0.29) is 6.61 Å². The molecule has 0 bridgehead atoms. The minimum absolute atomic E-state index is 0.271. The van der Waals surface area contributed by atoms with Crippen LogP contribution in [0.4, 0.5) is 0 Å². The van der Waals surface area contributed by atoms with E-state index in [1.54, 1.807) is 0 Å². The summed E-state index contributed by atoms with van der Waals surface area (Å²) in [7, 11) is 0. The number of aliphatic hydroxyl groups is 1. The zero-order valence-corrected chi connectivity index (χ0v) is 6.92. The Kier molecular flexibility index (Phi) is 3.60. The first-order chi connectivity index (χ1) is 5.36. The van der Waals surface area contributed by atoms with Gasteiger partial charge in [-0.05, 0) is 19.3 Å². The van der Waals surface area contributed by atoms with Gasteiger partial charge in [0.25, 0.3) is 0 Å². The Balaban J connectivity index is 2.27. The molecule has 0 aromatic heterocycles. The first-order valence-corrected chi connectivity index (χ1v) is 4.34. The number of aliphatic hydroxyl groups excluding tert-OH is 1. The van der Waals surface area contributed by atoms with Crippen molar-refractivity contribution in [3.05, 3.63) is 12.7 Å². The third-order valence-electron chi connectivity index (χ3n) is 2.25. The van der Waals surface area contributed by atoms with Gasteiger partial charge in [0.05, 0.1) is 6.61 Å². The summed E-state index contributed by atoms with van der Waals surface area (Å²) in [5, 5.41) is 12.3. The molecule has 1 heterocycles. The van der Waals surface area contributed by atoms with Crippen LogP contribution >= 0.6 is 0 Å². The van der Waals surface area contributed by atoms with Gasteiger partial charge in [-0.15, -0.1) is 6.58 Å². The minimum Gasteiger partial charge on any atom is -0.395 e. The Hall–Kier alpha value is -0.340. The van der Waals surface area contributed by atoms with Crippen LogP contribution in [-0.4, -0.2) is 23.8 Å². The van der Waals surface area contributed by atoms with Gasteiger partial charge < -0.3 is 10.4 Å². The molecule has 11 heavy (non-hydrogen) atoms. The lowest BCUT2D eigenvalue weighted by molar-refractivity contribution is 0.198. The van der Waals surface area contributed by atoms with E-state index >= 15 is 0 Å². The van der Waals surface area contributed by atoms with Crippen LogP contribution in [-0.2, 0) is 0 Å². The molecule has 0 radical (unpaired) electrons. The molecule has 0 aliphatic carbocycles. The van der Waals surface area contributed by atoms with Gasteiger partial charge in [0.15, 0.2) is 0 Å². The van der Waals surface area contributed by atoms with Gasteiger partial charge in [-0.1, -0.05) is 12.5 Å². The largest absolute Gasteiger partial charge is 0.395 e. The van der Waals surface area contributed by atoms with Crippen molar-refractivity contribution in [3.8, 4) is 0 Å². The molecule has 0 aromatic rings. The molecule has 2 N–H and O–H groups in total. The summed E-state index contributed by atoms with van der Waals surface area (Å²) in [6, 6.07) is 0.882. The molecular weight excluding hydrogens is 138 g/mol. The molecule has 1 aliphatic heterocycles. The third kappa shape index (κ3) is 2.64. The topological polar surface area (TPSA) is 32.3 Å². The summed E-state index contributed by atoms with van der Waals surface area (Å²) in [6.45, 7) is 3.97. The fraction of sp³-hybridized carbons (Fsp3) is 0.778. The van der Waals surface area contributed by atoms with E-state index < -0.39 is 0 Å². The van der Waals surface area contributed by atoms with E-state index in [1.807, 2.05) is 6.08 Å². The molecule has 0 spiro atoms. The number of piperidine rings is 1. The second-order valence-corrected chi connectivity index (χ2v) is 3.20. The average molecular weight is 155 g/mol. The number of rotatable bonds is 3. The maximum atomic E-state index is 8.89. The highest BCUT2D eigenvalue weighted by molar-refractivity contribution is 4.84. The van der Waals surface area contributed by atoms with Gasteiger partial charge in [0, 0.05) is 12.1 Å². The van der Waals surface area contributed by atoms with Crippen LogP contribution in [0, 0.1) is 0 Å². The van der Waals surface area contributed by atoms with E-state index in [9.17, 15) is 0 Å².